The van der Waals surface area contributed by atoms with E-state index in [1.807, 2.05) is 11.8 Å². The van der Waals surface area contributed by atoms with Gasteiger partial charge in [-0.1, -0.05) is 5.92 Å². The number of hydrogen-bond donors (Lipinski definition) is 0. The number of aryl methyl sites for hydroxylation is 1. The minimum atomic E-state index is 0.659. The Balaban J connectivity index is 2.40. The summed E-state index contributed by atoms with van der Waals surface area (Å²) < 4.78 is 5.31. The first kappa shape index (κ1) is 10.3. The van der Waals surface area contributed by atoms with Crippen molar-refractivity contribution in [3.05, 3.63) is 17.7 Å². The molecule has 1 aliphatic rings. The lowest BCUT2D eigenvalue weighted by Gasteiger charge is -2.16. The van der Waals surface area contributed by atoms with E-state index < -0.39 is 0 Å². The number of terminal acetylenes is 1. The first-order chi connectivity index (χ1) is 7.26. The molecule has 0 saturated heterocycles. The Morgan fingerprint density at radius 2 is 2.40 bits per heavy atom. The molecule has 2 rings (SSSR count). The summed E-state index contributed by atoms with van der Waals surface area (Å²) in [7, 11) is 1.70. The van der Waals surface area contributed by atoms with Gasteiger partial charge in [-0.15, -0.1) is 18.2 Å². The Morgan fingerprint density at radius 1 is 1.60 bits per heavy atom. The lowest BCUT2D eigenvalue weighted by Crippen LogP contribution is -2.18. The maximum absolute atomic E-state index is 5.33. The van der Waals surface area contributed by atoms with Crippen molar-refractivity contribution in [2.45, 2.75) is 11.8 Å². The Morgan fingerprint density at radius 3 is 3.07 bits per heavy atom. The van der Waals surface area contributed by atoms with Gasteiger partial charge < -0.3 is 9.64 Å². The molecular weight excluding hydrogens is 206 g/mol. The van der Waals surface area contributed by atoms with Crippen LogP contribution in [0.15, 0.2) is 17.0 Å². The highest BCUT2D eigenvalue weighted by atomic mass is 32.2. The number of nitrogens with zero attached hydrogens (tertiary/aromatic N) is 1. The lowest BCUT2D eigenvalue weighted by molar-refractivity contribution is 0.411. The third-order valence-corrected chi connectivity index (χ3v) is 3.55. The molecule has 0 unspecified atom stereocenters. The average Bonchev–Trinajstić information content (AvgIpc) is 2.60. The summed E-state index contributed by atoms with van der Waals surface area (Å²) in [5.74, 6) is 4.54. The molecule has 15 heavy (non-hydrogen) atoms. The molecule has 1 heterocycles. The average molecular weight is 219 g/mol. The number of rotatable bonds is 2. The number of methoxy groups -OCH3 is 1. The van der Waals surface area contributed by atoms with Gasteiger partial charge >= 0.3 is 0 Å². The summed E-state index contributed by atoms with van der Waals surface area (Å²) in [6.07, 6.45) is 5.33. The molecule has 2 nitrogen and oxygen atoms in total. The topological polar surface area (TPSA) is 12.5 Å². The zero-order valence-electron chi connectivity index (χ0n) is 8.91. The van der Waals surface area contributed by atoms with Crippen molar-refractivity contribution in [2.24, 2.45) is 0 Å². The Kier molecular flexibility index (Phi) is 2.79. The standard InChI is InChI=1S/C12H13NOS/c1-4-5-13-8-15-12-6-9(2)11(14-3)7-10(12)13/h1,6-7H,5,8H2,2-3H3. The van der Waals surface area contributed by atoms with Crippen LogP contribution in [0, 0.1) is 19.3 Å². The SMILES string of the molecule is C#CCN1CSc2cc(C)c(OC)cc21. The van der Waals surface area contributed by atoms with Gasteiger partial charge in [0.25, 0.3) is 0 Å². The van der Waals surface area contributed by atoms with Gasteiger partial charge in [-0.2, -0.15) is 0 Å². The normalized spacial score (nSPS) is 13.5. The largest absolute Gasteiger partial charge is 0.496 e. The first-order valence-electron chi connectivity index (χ1n) is 4.76. The van der Waals surface area contributed by atoms with E-state index in [2.05, 4.69) is 29.9 Å². The minimum absolute atomic E-state index is 0.659. The second-order valence-electron chi connectivity index (χ2n) is 3.47. The van der Waals surface area contributed by atoms with Crippen molar-refractivity contribution in [3.8, 4) is 18.1 Å². The van der Waals surface area contributed by atoms with Gasteiger partial charge in [0.1, 0.15) is 5.75 Å². The summed E-state index contributed by atoms with van der Waals surface area (Å²) >= 11 is 1.82. The highest BCUT2D eigenvalue weighted by Crippen LogP contribution is 2.41. The van der Waals surface area contributed by atoms with E-state index >= 15 is 0 Å². The van der Waals surface area contributed by atoms with Gasteiger partial charge in [0.05, 0.1) is 25.2 Å². The molecule has 0 bridgehead atoms. The zero-order chi connectivity index (χ0) is 10.8. The number of fused-ring (bicyclic) bond motifs is 1. The van der Waals surface area contributed by atoms with Crippen LogP contribution in [0.3, 0.4) is 0 Å². The molecule has 0 saturated carbocycles. The van der Waals surface area contributed by atoms with Crippen LogP contribution < -0.4 is 9.64 Å². The zero-order valence-corrected chi connectivity index (χ0v) is 9.73. The molecule has 1 aliphatic heterocycles. The molecule has 0 N–H and O–H groups in total. The molecule has 0 aromatic heterocycles. The van der Waals surface area contributed by atoms with Crippen LogP contribution in [-0.2, 0) is 0 Å². The number of anilines is 1. The van der Waals surface area contributed by atoms with Crippen molar-refractivity contribution >= 4 is 17.4 Å². The van der Waals surface area contributed by atoms with Gasteiger partial charge in [0.15, 0.2) is 0 Å². The monoisotopic (exact) mass is 219 g/mol. The van der Waals surface area contributed by atoms with Crippen LogP contribution in [0.4, 0.5) is 5.69 Å². The summed E-state index contributed by atoms with van der Waals surface area (Å²) in [6.45, 7) is 2.72. The van der Waals surface area contributed by atoms with Crippen molar-refractivity contribution < 1.29 is 4.74 Å². The number of ether oxygens (including phenoxy) is 1. The fourth-order valence-corrected chi connectivity index (χ4v) is 2.81. The lowest BCUT2D eigenvalue weighted by atomic mass is 10.2. The van der Waals surface area contributed by atoms with E-state index in [-0.39, 0.29) is 0 Å². The highest BCUT2D eigenvalue weighted by Gasteiger charge is 2.20. The van der Waals surface area contributed by atoms with E-state index in [1.165, 1.54) is 16.1 Å². The second kappa shape index (κ2) is 4.08. The predicted octanol–water partition coefficient (Wildman–Crippen LogP) is 2.51. The number of thioether (sulfide) groups is 1. The van der Waals surface area contributed by atoms with Crippen molar-refractivity contribution in [3.63, 3.8) is 0 Å². The summed E-state index contributed by atoms with van der Waals surface area (Å²) in [6, 6.07) is 4.23. The van der Waals surface area contributed by atoms with E-state index in [0.29, 0.717) is 6.54 Å². The maximum Gasteiger partial charge on any atom is 0.123 e. The minimum Gasteiger partial charge on any atom is -0.496 e. The van der Waals surface area contributed by atoms with Crippen LogP contribution in [0.1, 0.15) is 5.56 Å². The second-order valence-corrected chi connectivity index (χ2v) is 4.45. The molecule has 0 fully saturated rings. The highest BCUT2D eigenvalue weighted by molar-refractivity contribution is 7.99. The van der Waals surface area contributed by atoms with Crippen molar-refractivity contribution in [1.82, 2.24) is 0 Å². The van der Waals surface area contributed by atoms with E-state index in [9.17, 15) is 0 Å². The van der Waals surface area contributed by atoms with Crippen LogP contribution >= 0.6 is 11.8 Å². The molecule has 3 heteroatoms. The molecule has 1 aromatic rings. The number of benzene rings is 1. The Labute approximate surface area is 94.6 Å². The molecule has 0 amide bonds. The first-order valence-corrected chi connectivity index (χ1v) is 5.74. The molecule has 0 atom stereocenters. The Bertz CT molecular complexity index is 422. The quantitative estimate of drug-likeness (QED) is 0.709. The predicted molar refractivity (Wildman–Crippen MR) is 64.6 cm³/mol. The van der Waals surface area contributed by atoms with Gasteiger partial charge in [-0.25, -0.2) is 0 Å². The van der Waals surface area contributed by atoms with Crippen molar-refractivity contribution in [2.75, 3.05) is 24.4 Å². The van der Waals surface area contributed by atoms with Gasteiger partial charge in [-0.05, 0) is 18.6 Å². The number of hydrogen-bond acceptors (Lipinski definition) is 3. The summed E-state index contributed by atoms with van der Waals surface area (Å²) in [4.78, 5) is 3.48. The van der Waals surface area contributed by atoms with Crippen LogP contribution in [0.2, 0.25) is 0 Å². The fraction of sp³-hybridized carbons (Fsp3) is 0.333. The van der Waals surface area contributed by atoms with E-state index in [1.54, 1.807) is 7.11 Å². The van der Waals surface area contributed by atoms with E-state index in [4.69, 9.17) is 11.2 Å². The molecule has 0 radical (unpaired) electrons. The smallest absolute Gasteiger partial charge is 0.123 e. The van der Waals surface area contributed by atoms with Crippen LogP contribution in [0.25, 0.3) is 0 Å². The molecule has 0 aliphatic carbocycles. The van der Waals surface area contributed by atoms with Crippen molar-refractivity contribution in [1.29, 1.82) is 0 Å². The summed E-state index contributed by atoms with van der Waals surface area (Å²) in [5.41, 5.74) is 2.37. The Hall–Kier alpha value is -1.27. The summed E-state index contributed by atoms with van der Waals surface area (Å²) in [5, 5.41) is 0. The van der Waals surface area contributed by atoms with Gasteiger partial charge in [0, 0.05) is 11.0 Å². The molecule has 0 spiro atoms. The molecule has 1 aromatic carbocycles. The van der Waals surface area contributed by atoms with Gasteiger partial charge in [0.2, 0.25) is 0 Å². The molecular formula is C12H13NOS. The van der Waals surface area contributed by atoms with Crippen LogP contribution in [0.5, 0.6) is 5.75 Å². The third kappa shape index (κ3) is 1.78. The third-order valence-electron chi connectivity index (χ3n) is 2.48. The maximum atomic E-state index is 5.33. The van der Waals surface area contributed by atoms with Crippen LogP contribution in [-0.4, -0.2) is 19.5 Å². The molecule has 78 valence electrons. The van der Waals surface area contributed by atoms with E-state index in [0.717, 1.165) is 11.6 Å². The van der Waals surface area contributed by atoms with Gasteiger partial charge in [-0.3, -0.25) is 0 Å². The fourth-order valence-electron chi connectivity index (χ4n) is 1.69.